The van der Waals surface area contributed by atoms with Gasteiger partial charge in [0.05, 0.1) is 16.6 Å². The fourth-order valence-electron chi connectivity index (χ4n) is 4.60. The number of aliphatic carboxylic acids is 1. The molecule has 0 radical (unpaired) electrons. The third-order valence-electron chi connectivity index (χ3n) is 5.74. The fraction of sp³-hybridized carbons (Fsp3) is 0.524. The first-order valence-corrected chi connectivity index (χ1v) is 10.9. The van der Waals surface area contributed by atoms with Crippen LogP contribution >= 0.6 is 11.3 Å². The second-order valence-electron chi connectivity index (χ2n) is 7.55. The lowest BCUT2D eigenvalue weighted by Gasteiger charge is -2.31. The lowest BCUT2D eigenvalue weighted by molar-refractivity contribution is -0.134. The predicted octanol–water partition coefficient (Wildman–Crippen LogP) is 5.31. The number of carboxylic acids is 1. The normalized spacial score (nSPS) is 23.6. The number of fused-ring (bicyclic) bond motifs is 2. The van der Waals surface area contributed by atoms with Gasteiger partial charge in [0.25, 0.3) is 5.97 Å². The molecule has 1 fully saturated rings. The molecule has 1 N–H and O–H groups in total. The number of rotatable bonds is 3. The topological polar surface area (TPSA) is 77.6 Å². The van der Waals surface area contributed by atoms with Crippen LogP contribution in [0.3, 0.4) is 0 Å². The third-order valence-corrected chi connectivity index (χ3v) is 6.61. The first kappa shape index (κ1) is 19.1. The Balaban J connectivity index is 0.000000442. The summed E-state index contributed by atoms with van der Waals surface area (Å²) in [5, 5.41) is 18.8. The molecule has 0 bridgehead atoms. The van der Waals surface area contributed by atoms with Crippen LogP contribution in [0.4, 0.5) is 0 Å². The highest BCUT2D eigenvalue weighted by molar-refractivity contribution is 7.11. The van der Waals surface area contributed by atoms with E-state index in [1.807, 2.05) is 0 Å². The van der Waals surface area contributed by atoms with Gasteiger partial charge in [0.2, 0.25) is 0 Å². The Morgan fingerprint density at radius 2 is 2.00 bits per heavy atom. The lowest BCUT2D eigenvalue weighted by atomic mass is 9.90. The summed E-state index contributed by atoms with van der Waals surface area (Å²) in [6.45, 7) is 4.33. The molecule has 0 aromatic carbocycles. The van der Waals surface area contributed by atoms with Crippen molar-refractivity contribution in [2.45, 2.75) is 58.4 Å². The van der Waals surface area contributed by atoms with Crippen molar-refractivity contribution in [1.29, 1.82) is 0 Å². The molecule has 6 nitrogen and oxygen atoms in total. The summed E-state index contributed by atoms with van der Waals surface area (Å²) in [4.78, 5) is 17.8. The van der Waals surface area contributed by atoms with Crippen LogP contribution in [0, 0.1) is 5.92 Å². The maximum atomic E-state index is 9.00. The standard InChI is InChI=1S/C19H22N4S.C2H4O2/c1-2-15-20-16(12-6-3-4-7-12)19-18-13(9-10-23(15)19)17(21-22-18)14-8-5-11-24-14;1-2(3)4/h5,8,11-12,16H,2-4,6-7,9-10H2,1H3;1H3,(H,3,4). The third kappa shape index (κ3) is 3.43. The summed E-state index contributed by atoms with van der Waals surface area (Å²) in [5.41, 5.74) is 4.94. The SMILES string of the molecule is CC(=O)O.CCC1=NC(C2CCCC2)C2=C3N=NC(c4cccs4)=C3CCN12. The Labute approximate surface area is 169 Å². The van der Waals surface area contributed by atoms with Crippen molar-refractivity contribution >= 4 is 28.8 Å². The molecule has 28 heavy (non-hydrogen) atoms. The number of carboxylic acid groups (broad SMARTS) is 1. The highest BCUT2D eigenvalue weighted by Gasteiger charge is 2.42. The summed E-state index contributed by atoms with van der Waals surface area (Å²) >= 11 is 1.76. The molecular formula is C21H26N4O2S. The van der Waals surface area contributed by atoms with Gasteiger partial charge in [0.15, 0.2) is 0 Å². The maximum absolute atomic E-state index is 9.00. The Kier molecular flexibility index (Phi) is 5.44. The van der Waals surface area contributed by atoms with Gasteiger partial charge in [-0.3, -0.25) is 9.79 Å². The quantitative estimate of drug-likeness (QED) is 0.749. The van der Waals surface area contributed by atoms with Crippen LogP contribution in [0.1, 0.15) is 57.2 Å². The van der Waals surface area contributed by atoms with Gasteiger partial charge in [-0.05, 0) is 36.6 Å². The molecule has 0 amide bonds. The smallest absolute Gasteiger partial charge is 0.300 e. The van der Waals surface area contributed by atoms with Crippen molar-refractivity contribution in [2.24, 2.45) is 21.1 Å². The van der Waals surface area contributed by atoms with Gasteiger partial charge in [0.1, 0.15) is 17.2 Å². The largest absolute Gasteiger partial charge is 0.481 e. The number of nitrogens with zero attached hydrogens (tertiary/aromatic N) is 4. The Morgan fingerprint density at radius 1 is 1.29 bits per heavy atom. The first-order chi connectivity index (χ1) is 13.6. The van der Waals surface area contributed by atoms with Crippen molar-refractivity contribution in [3.63, 3.8) is 0 Å². The summed E-state index contributed by atoms with van der Waals surface area (Å²) < 4.78 is 0. The van der Waals surface area contributed by atoms with Gasteiger partial charge in [-0.25, -0.2) is 0 Å². The van der Waals surface area contributed by atoms with Crippen molar-refractivity contribution < 1.29 is 9.90 Å². The second kappa shape index (κ2) is 7.99. The van der Waals surface area contributed by atoms with Crippen LogP contribution in [-0.2, 0) is 4.79 Å². The van der Waals surface area contributed by atoms with E-state index in [9.17, 15) is 0 Å². The molecule has 1 aromatic rings. The van der Waals surface area contributed by atoms with Gasteiger partial charge < -0.3 is 10.0 Å². The predicted molar refractivity (Wildman–Crippen MR) is 111 cm³/mol. The molecule has 4 aliphatic rings. The van der Waals surface area contributed by atoms with Crippen LogP contribution < -0.4 is 0 Å². The minimum atomic E-state index is -0.833. The average Bonchev–Trinajstić information content (AvgIpc) is 3.45. The summed E-state index contributed by atoms with van der Waals surface area (Å²) in [6.07, 6.45) is 7.35. The number of carbonyl (C=O) groups is 1. The van der Waals surface area contributed by atoms with E-state index in [-0.39, 0.29) is 0 Å². The number of aliphatic imine (C=N–C) groups is 1. The molecule has 5 rings (SSSR count). The van der Waals surface area contributed by atoms with Crippen LogP contribution in [0.5, 0.6) is 0 Å². The zero-order valence-corrected chi connectivity index (χ0v) is 17.2. The van der Waals surface area contributed by atoms with E-state index in [0.717, 1.165) is 37.7 Å². The number of amidine groups is 1. The molecule has 1 aromatic heterocycles. The molecule has 1 saturated carbocycles. The van der Waals surface area contributed by atoms with Gasteiger partial charge in [-0.1, -0.05) is 25.8 Å². The Hall–Kier alpha value is -2.28. The van der Waals surface area contributed by atoms with Crippen molar-refractivity contribution in [2.75, 3.05) is 6.54 Å². The molecule has 7 heteroatoms. The van der Waals surface area contributed by atoms with E-state index in [1.54, 1.807) is 11.3 Å². The second-order valence-corrected chi connectivity index (χ2v) is 8.49. The molecule has 4 heterocycles. The molecule has 148 valence electrons. The molecule has 3 aliphatic heterocycles. The first-order valence-electron chi connectivity index (χ1n) is 10.1. The summed E-state index contributed by atoms with van der Waals surface area (Å²) in [5.74, 6) is 1.12. The zero-order valence-electron chi connectivity index (χ0n) is 16.4. The van der Waals surface area contributed by atoms with Gasteiger partial charge in [0, 0.05) is 25.5 Å². The minimum absolute atomic E-state index is 0.314. The molecule has 0 spiro atoms. The van der Waals surface area contributed by atoms with Crippen LogP contribution in [0.15, 0.2) is 49.7 Å². The van der Waals surface area contributed by atoms with Crippen molar-refractivity contribution in [3.8, 4) is 0 Å². The van der Waals surface area contributed by atoms with E-state index in [0.29, 0.717) is 12.0 Å². The highest BCUT2D eigenvalue weighted by Crippen LogP contribution is 2.47. The van der Waals surface area contributed by atoms with E-state index < -0.39 is 5.97 Å². The lowest BCUT2D eigenvalue weighted by Crippen LogP contribution is -2.34. The zero-order chi connectivity index (χ0) is 19.7. The van der Waals surface area contributed by atoms with Crippen LogP contribution in [0.2, 0.25) is 0 Å². The Bertz CT molecular complexity index is 872. The number of hydrogen-bond donors (Lipinski definition) is 1. The summed E-state index contributed by atoms with van der Waals surface area (Å²) in [6, 6.07) is 4.57. The minimum Gasteiger partial charge on any atom is -0.481 e. The number of thiophene rings is 1. The average molecular weight is 399 g/mol. The molecule has 0 saturated heterocycles. The monoisotopic (exact) mass is 398 g/mol. The molecule has 1 unspecified atom stereocenters. The number of allylic oxidation sites excluding steroid dienone is 1. The molecule has 1 atom stereocenters. The van der Waals surface area contributed by atoms with E-state index in [2.05, 4.69) is 39.6 Å². The van der Waals surface area contributed by atoms with Gasteiger partial charge in [-0.2, -0.15) is 0 Å². The summed E-state index contributed by atoms with van der Waals surface area (Å²) in [7, 11) is 0. The van der Waals surface area contributed by atoms with Crippen LogP contribution in [0.25, 0.3) is 5.70 Å². The van der Waals surface area contributed by atoms with Crippen molar-refractivity contribution in [3.05, 3.63) is 39.4 Å². The maximum Gasteiger partial charge on any atom is 0.300 e. The van der Waals surface area contributed by atoms with E-state index in [1.165, 1.54) is 47.7 Å². The number of hydrogen-bond acceptors (Lipinski definition) is 6. The highest BCUT2D eigenvalue weighted by atomic mass is 32.1. The van der Waals surface area contributed by atoms with Crippen LogP contribution in [-0.4, -0.2) is 34.4 Å². The molecule has 1 aliphatic carbocycles. The van der Waals surface area contributed by atoms with Crippen molar-refractivity contribution in [1.82, 2.24) is 4.90 Å². The van der Waals surface area contributed by atoms with E-state index >= 15 is 0 Å². The van der Waals surface area contributed by atoms with Gasteiger partial charge in [-0.15, -0.1) is 21.6 Å². The number of azo groups is 1. The van der Waals surface area contributed by atoms with Gasteiger partial charge >= 0.3 is 0 Å². The van der Waals surface area contributed by atoms with E-state index in [4.69, 9.17) is 14.9 Å². The Morgan fingerprint density at radius 3 is 2.64 bits per heavy atom. The molecular weight excluding hydrogens is 372 g/mol. The fourth-order valence-corrected chi connectivity index (χ4v) is 5.34.